The molecule has 6 rings (SSSR count). The van der Waals surface area contributed by atoms with Crippen LogP contribution in [0.5, 0.6) is 0 Å². The van der Waals surface area contributed by atoms with E-state index in [1.165, 1.54) is 0 Å². The highest BCUT2D eigenvalue weighted by Crippen LogP contribution is 2.38. The van der Waals surface area contributed by atoms with E-state index in [1.54, 1.807) is 0 Å². The Morgan fingerprint density at radius 2 is 1.79 bits per heavy atom. The Morgan fingerprint density at radius 3 is 2.54 bits per heavy atom. The number of carbonyl (C=O) groups excluding carboxylic acids is 2. The normalized spacial score (nSPS) is 14.2. The van der Waals surface area contributed by atoms with Crippen molar-refractivity contribution in [3.8, 4) is 11.1 Å². The molecule has 0 unspecified atom stereocenters. The number of carbonyl (C=O) groups is 2. The average Bonchev–Trinajstić information content (AvgIpc) is 3.28. The number of ether oxygens (including phenoxy) is 1. The standard InChI is InChI=1S/C31H30N4O4/c1-19-28(20(2)39-33-19)23-16-25(30(32)36)29-24-15-22(31(37)34-11-6-13-38-14-12-34)9-10-26(24)35(27(29)17-23)18-21-7-4-3-5-8-21/h3-5,7-10,15-17H,6,11-14,18H2,1-2H3,(H2,32,36). The predicted molar refractivity (Wildman–Crippen MR) is 150 cm³/mol. The van der Waals surface area contributed by atoms with E-state index in [4.69, 9.17) is 15.0 Å². The van der Waals surface area contributed by atoms with E-state index >= 15 is 0 Å². The number of aryl methyl sites for hydroxylation is 2. The predicted octanol–water partition coefficient (Wildman–Crippen LogP) is 5.08. The summed E-state index contributed by atoms with van der Waals surface area (Å²) in [6.45, 7) is 6.71. The van der Waals surface area contributed by atoms with Gasteiger partial charge in [-0.25, -0.2) is 0 Å². The second-order valence-electron chi connectivity index (χ2n) is 10.0. The largest absolute Gasteiger partial charge is 0.380 e. The minimum atomic E-state index is -0.534. The average molecular weight is 523 g/mol. The molecule has 2 N–H and O–H groups in total. The molecule has 0 atom stereocenters. The van der Waals surface area contributed by atoms with E-state index in [1.807, 2.05) is 61.2 Å². The lowest BCUT2D eigenvalue weighted by Crippen LogP contribution is -2.33. The van der Waals surface area contributed by atoms with E-state index in [2.05, 4.69) is 27.9 Å². The third kappa shape index (κ3) is 4.46. The molecule has 0 radical (unpaired) electrons. The Morgan fingerprint density at radius 1 is 0.974 bits per heavy atom. The van der Waals surface area contributed by atoms with E-state index in [-0.39, 0.29) is 5.91 Å². The summed E-state index contributed by atoms with van der Waals surface area (Å²) in [5.41, 5.74) is 12.2. The Bertz CT molecular complexity index is 1690. The number of aromatic nitrogens is 2. The van der Waals surface area contributed by atoms with Gasteiger partial charge in [-0.3, -0.25) is 9.59 Å². The lowest BCUT2D eigenvalue weighted by atomic mass is 9.97. The number of benzene rings is 3. The van der Waals surface area contributed by atoms with Crippen LogP contribution in [0, 0.1) is 13.8 Å². The highest BCUT2D eigenvalue weighted by molar-refractivity contribution is 6.20. The summed E-state index contributed by atoms with van der Waals surface area (Å²) in [4.78, 5) is 28.2. The summed E-state index contributed by atoms with van der Waals surface area (Å²) in [6, 6.07) is 19.8. The molecule has 1 saturated heterocycles. The topological polar surface area (TPSA) is 104 Å². The van der Waals surface area contributed by atoms with Crippen LogP contribution in [0.4, 0.5) is 0 Å². The van der Waals surface area contributed by atoms with Crippen LogP contribution < -0.4 is 5.73 Å². The van der Waals surface area contributed by atoms with E-state index in [9.17, 15) is 9.59 Å². The second kappa shape index (κ2) is 10.0. The van der Waals surface area contributed by atoms with Crippen molar-refractivity contribution in [2.24, 2.45) is 5.73 Å². The number of hydrogen-bond donors (Lipinski definition) is 1. The van der Waals surface area contributed by atoms with Crippen LogP contribution in [0.15, 0.2) is 65.2 Å². The van der Waals surface area contributed by atoms with Gasteiger partial charge in [-0.15, -0.1) is 0 Å². The van der Waals surface area contributed by atoms with Gasteiger partial charge in [0.25, 0.3) is 5.91 Å². The summed E-state index contributed by atoms with van der Waals surface area (Å²) in [6.07, 6.45) is 0.806. The number of rotatable bonds is 5. The van der Waals surface area contributed by atoms with Crippen molar-refractivity contribution >= 4 is 33.6 Å². The third-order valence-electron chi connectivity index (χ3n) is 7.49. The van der Waals surface area contributed by atoms with E-state index < -0.39 is 5.91 Å². The van der Waals surface area contributed by atoms with Crippen LogP contribution in [0.25, 0.3) is 32.9 Å². The van der Waals surface area contributed by atoms with Gasteiger partial charge < -0.3 is 24.5 Å². The molecule has 8 nitrogen and oxygen atoms in total. The highest BCUT2D eigenvalue weighted by Gasteiger charge is 2.24. The van der Waals surface area contributed by atoms with Crippen LogP contribution in [-0.4, -0.2) is 52.7 Å². The van der Waals surface area contributed by atoms with Gasteiger partial charge >= 0.3 is 0 Å². The number of amides is 2. The van der Waals surface area contributed by atoms with Gasteiger partial charge in [0.05, 0.1) is 17.8 Å². The minimum Gasteiger partial charge on any atom is -0.380 e. The molecule has 198 valence electrons. The monoisotopic (exact) mass is 522 g/mol. The SMILES string of the molecule is Cc1noc(C)c1-c1cc(C(N)=O)c2c3cc(C(=O)N4CCCOCC4)ccc3n(Cc3ccccc3)c2c1. The maximum Gasteiger partial charge on any atom is 0.253 e. The van der Waals surface area contributed by atoms with Crippen molar-refractivity contribution in [2.75, 3.05) is 26.3 Å². The highest BCUT2D eigenvalue weighted by atomic mass is 16.5. The minimum absolute atomic E-state index is 0.0423. The van der Waals surface area contributed by atoms with Crippen molar-refractivity contribution in [3.05, 3.63) is 88.8 Å². The zero-order valence-corrected chi connectivity index (χ0v) is 22.1. The number of fused-ring (bicyclic) bond motifs is 3. The zero-order valence-electron chi connectivity index (χ0n) is 22.1. The summed E-state index contributed by atoms with van der Waals surface area (Å²) in [7, 11) is 0. The summed E-state index contributed by atoms with van der Waals surface area (Å²) in [5.74, 6) is 0.0930. The molecule has 2 aromatic heterocycles. The number of nitrogens with zero attached hydrogens (tertiary/aromatic N) is 3. The molecular weight excluding hydrogens is 492 g/mol. The molecule has 1 fully saturated rings. The van der Waals surface area contributed by atoms with Gasteiger partial charge in [0, 0.05) is 59.2 Å². The molecule has 0 bridgehead atoms. The fourth-order valence-electron chi connectivity index (χ4n) is 5.66. The van der Waals surface area contributed by atoms with Crippen molar-refractivity contribution in [1.29, 1.82) is 0 Å². The zero-order chi connectivity index (χ0) is 27.1. The lowest BCUT2D eigenvalue weighted by molar-refractivity contribution is 0.0741. The van der Waals surface area contributed by atoms with Gasteiger partial charge in [-0.05, 0) is 61.7 Å². The maximum absolute atomic E-state index is 13.5. The molecule has 0 aliphatic carbocycles. The molecule has 1 aliphatic heterocycles. The quantitative estimate of drug-likeness (QED) is 0.347. The first kappa shape index (κ1) is 24.9. The van der Waals surface area contributed by atoms with Gasteiger partial charge in [0.15, 0.2) is 0 Å². The molecule has 39 heavy (non-hydrogen) atoms. The number of nitrogens with two attached hydrogens (primary N) is 1. The Kier molecular flexibility index (Phi) is 6.40. The lowest BCUT2D eigenvalue weighted by Gasteiger charge is -2.19. The molecule has 3 aromatic carbocycles. The molecule has 1 aliphatic rings. The molecule has 0 spiro atoms. The molecule has 3 heterocycles. The summed E-state index contributed by atoms with van der Waals surface area (Å²) < 4.78 is 13.2. The van der Waals surface area contributed by atoms with Crippen molar-refractivity contribution in [2.45, 2.75) is 26.8 Å². The second-order valence-corrected chi connectivity index (χ2v) is 10.0. The first-order valence-electron chi connectivity index (χ1n) is 13.2. The fourth-order valence-corrected chi connectivity index (χ4v) is 5.66. The Balaban J connectivity index is 1.61. The van der Waals surface area contributed by atoms with Crippen molar-refractivity contribution < 1.29 is 18.8 Å². The van der Waals surface area contributed by atoms with Crippen molar-refractivity contribution in [1.82, 2.24) is 14.6 Å². The summed E-state index contributed by atoms with van der Waals surface area (Å²) >= 11 is 0. The first-order valence-corrected chi connectivity index (χ1v) is 13.2. The smallest absolute Gasteiger partial charge is 0.253 e. The molecule has 8 heteroatoms. The maximum atomic E-state index is 13.5. The van der Waals surface area contributed by atoms with Crippen LogP contribution >= 0.6 is 0 Å². The first-order chi connectivity index (χ1) is 18.9. The van der Waals surface area contributed by atoms with Gasteiger partial charge in [0.1, 0.15) is 5.76 Å². The number of primary amides is 1. The van der Waals surface area contributed by atoms with E-state index in [0.29, 0.717) is 49.7 Å². The van der Waals surface area contributed by atoms with Crippen LogP contribution in [0.1, 0.15) is 44.2 Å². The van der Waals surface area contributed by atoms with Gasteiger partial charge in [-0.2, -0.15) is 0 Å². The molecule has 0 saturated carbocycles. The van der Waals surface area contributed by atoms with Gasteiger partial charge in [-0.1, -0.05) is 35.5 Å². The van der Waals surface area contributed by atoms with Crippen molar-refractivity contribution in [3.63, 3.8) is 0 Å². The van der Waals surface area contributed by atoms with Gasteiger partial charge in [0.2, 0.25) is 5.91 Å². The molecule has 2 amide bonds. The molecule has 5 aromatic rings. The summed E-state index contributed by atoms with van der Waals surface area (Å²) in [5, 5.41) is 5.66. The van der Waals surface area contributed by atoms with E-state index in [0.717, 1.165) is 50.6 Å². The van der Waals surface area contributed by atoms with Crippen LogP contribution in [-0.2, 0) is 11.3 Å². The number of hydrogen-bond acceptors (Lipinski definition) is 5. The van der Waals surface area contributed by atoms with Crippen LogP contribution in [0.3, 0.4) is 0 Å². The Hall–Kier alpha value is -4.43. The molecular formula is C31H30N4O4. The fraction of sp³-hybridized carbons (Fsp3) is 0.258. The third-order valence-corrected chi connectivity index (χ3v) is 7.49. The van der Waals surface area contributed by atoms with Crippen LogP contribution in [0.2, 0.25) is 0 Å². The Labute approximate surface area is 225 Å².